The molecule has 1 fully saturated rings. The van der Waals surface area contributed by atoms with Crippen molar-refractivity contribution in [2.24, 2.45) is 11.3 Å². The zero-order valence-electron chi connectivity index (χ0n) is 11.4. The van der Waals surface area contributed by atoms with Crippen LogP contribution >= 0.6 is 27.5 Å². The van der Waals surface area contributed by atoms with Crippen molar-refractivity contribution in [3.05, 3.63) is 33.0 Å². The molecule has 0 spiro atoms. The maximum Gasteiger partial charge on any atom is 0.307 e. The van der Waals surface area contributed by atoms with Crippen LogP contribution in [0.4, 0.5) is 4.39 Å². The Labute approximate surface area is 131 Å². The molecule has 0 aromatic heterocycles. The number of benzene rings is 1. The van der Waals surface area contributed by atoms with Crippen LogP contribution in [0.5, 0.6) is 0 Å². The van der Waals surface area contributed by atoms with Gasteiger partial charge in [0.1, 0.15) is 5.82 Å². The molecule has 1 aliphatic carbocycles. The van der Waals surface area contributed by atoms with Crippen LogP contribution < -0.4 is 0 Å². The molecular formula is C15H17BrClFO2. The summed E-state index contributed by atoms with van der Waals surface area (Å²) in [6, 6.07) is 3.33. The largest absolute Gasteiger partial charge is 0.481 e. The smallest absolute Gasteiger partial charge is 0.307 e. The van der Waals surface area contributed by atoms with Crippen LogP contribution in [0.1, 0.15) is 44.6 Å². The molecule has 0 saturated heterocycles. The first kappa shape index (κ1) is 15.8. The first-order valence-electron chi connectivity index (χ1n) is 6.59. The van der Waals surface area contributed by atoms with E-state index in [9.17, 15) is 14.3 Å². The average Bonchev–Trinajstić information content (AvgIpc) is 2.34. The molecule has 1 aliphatic rings. The highest BCUT2D eigenvalue weighted by Crippen LogP contribution is 2.48. The summed E-state index contributed by atoms with van der Waals surface area (Å²) in [5, 5.41) is 9.41. The first-order chi connectivity index (χ1) is 9.23. The van der Waals surface area contributed by atoms with E-state index in [1.165, 1.54) is 0 Å². The van der Waals surface area contributed by atoms with E-state index in [4.69, 9.17) is 11.6 Å². The summed E-state index contributed by atoms with van der Waals surface area (Å²) < 4.78 is 14.9. The summed E-state index contributed by atoms with van der Waals surface area (Å²) in [6.45, 7) is 4.19. The highest BCUT2D eigenvalue weighted by Gasteiger charge is 2.40. The zero-order valence-corrected chi connectivity index (χ0v) is 13.8. The van der Waals surface area contributed by atoms with Crippen molar-refractivity contribution in [2.45, 2.75) is 39.0 Å². The van der Waals surface area contributed by atoms with Crippen LogP contribution in [0, 0.1) is 17.2 Å². The lowest BCUT2D eigenvalue weighted by atomic mass is 9.65. The fourth-order valence-electron chi connectivity index (χ4n) is 3.04. The fourth-order valence-corrected chi connectivity index (χ4v) is 3.51. The predicted molar refractivity (Wildman–Crippen MR) is 80.6 cm³/mol. The minimum absolute atomic E-state index is 0.0165. The summed E-state index contributed by atoms with van der Waals surface area (Å²) in [7, 11) is 0. The van der Waals surface area contributed by atoms with Crippen molar-refractivity contribution < 1.29 is 14.3 Å². The number of hydrogen-bond acceptors (Lipinski definition) is 1. The molecule has 2 unspecified atom stereocenters. The third-order valence-corrected chi connectivity index (χ3v) is 5.43. The topological polar surface area (TPSA) is 37.3 Å². The van der Waals surface area contributed by atoms with Crippen LogP contribution in [0.3, 0.4) is 0 Å². The monoisotopic (exact) mass is 362 g/mol. The second-order valence-corrected chi connectivity index (χ2v) is 7.46. The molecule has 2 atom stereocenters. The van der Waals surface area contributed by atoms with Gasteiger partial charge in [0.15, 0.2) is 0 Å². The van der Waals surface area contributed by atoms with Crippen LogP contribution in [0.25, 0.3) is 0 Å². The molecule has 1 saturated carbocycles. The summed E-state index contributed by atoms with van der Waals surface area (Å²) in [5.41, 5.74) is 0.432. The van der Waals surface area contributed by atoms with E-state index in [0.717, 1.165) is 6.42 Å². The molecular weight excluding hydrogens is 347 g/mol. The van der Waals surface area contributed by atoms with Gasteiger partial charge in [0.05, 0.1) is 10.9 Å². The van der Waals surface area contributed by atoms with E-state index in [2.05, 4.69) is 29.8 Å². The standard InChI is InChI=1S/C15H17BrClFO2/c1-15(2)6-5-9(14(19)20)10(7-15)8-3-4-11(16)12(17)13(8)18/h3-4,9-10H,5-7H2,1-2H3,(H,19,20). The Hall–Kier alpha value is -0.610. The van der Waals surface area contributed by atoms with Crippen LogP contribution in [-0.2, 0) is 4.79 Å². The molecule has 1 aromatic rings. The van der Waals surface area contributed by atoms with Crippen molar-refractivity contribution in [3.63, 3.8) is 0 Å². The maximum absolute atomic E-state index is 14.4. The lowest BCUT2D eigenvalue weighted by Crippen LogP contribution is -2.33. The van der Waals surface area contributed by atoms with Crippen molar-refractivity contribution in [1.82, 2.24) is 0 Å². The number of hydrogen-bond donors (Lipinski definition) is 1. The molecule has 2 nitrogen and oxygen atoms in total. The lowest BCUT2D eigenvalue weighted by molar-refractivity contribution is -0.144. The number of carbonyl (C=O) groups is 1. The van der Waals surface area contributed by atoms with Gasteiger partial charge in [-0.05, 0) is 52.2 Å². The van der Waals surface area contributed by atoms with E-state index in [1.807, 2.05) is 0 Å². The maximum atomic E-state index is 14.4. The van der Waals surface area contributed by atoms with Gasteiger partial charge in [-0.1, -0.05) is 31.5 Å². The zero-order chi connectivity index (χ0) is 15.1. The average molecular weight is 364 g/mol. The normalized spacial score (nSPS) is 25.4. The molecule has 110 valence electrons. The Morgan fingerprint density at radius 3 is 2.75 bits per heavy atom. The highest BCUT2D eigenvalue weighted by molar-refractivity contribution is 9.10. The third kappa shape index (κ3) is 3.01. The molecule has 0 heterocycles. The molecule has 2 rings (SSSR count). The molecule has 0 aliphatic heterocycles. The molecule has 20 heavy (non-hydrogen) atoms. The van der Waals surface area contributed by atoms with Crippen LogP contribution in [-0.4, -0.2) is 11.1 Å². The molecule has 0 radical (unpaired) electrons. The first-order valence-corrected chi connectivity index (χ1v) is 7.76. The van der Waals surface area contributed by atoms with Gasteiger partial charge in [-0.15, -0.1) is 0 Å². The Bertz CT molecular complexity index is 545. The van der Waals surface area contributed by atoms with Gasteiger partial charge in [0.25, 0.3) is 0 Å². The van der Waals surface area contributed by atoms with Gasteiger partial charge in [0.2, 0.25) is 0 Å². The van der Waals surface area contributed by atoms with E-state index in [-0.39, 0.29) is 16.4 Å². The quantitative estimate of drug-likeness (QED) is 0.730. The second kappa shape index (κ2) is 5.64. The Morgan fingerprint density at radius 2 is 2.15 bits per heavy atom. The Morgan fingerprint density at radius 1 is 1.50 bits per heavy atom. The predicted octanol–water partition coefficient (Wildman–Crippen LogP) is 5.24. The number of carboxylic acid groups (broad SMARTS) is 1. The highest BCUT2D eigenvalue weighted by atomic mass is 79.9. The van der Waals surface area contributed by atoms with Crippen LogP contribution in [0.15, 0.2) is 16.6 Å². The van der Waals surface area contributed by atoms with Crippen molar-refractivity contribution >= 4 is 33.5 Å². The summed E-state index contributed by atoms with van der Waals surface area (Å²) in [6.07, 6.45) is 2.06. The number of aliphatic carboxylic acids is 1. The molecule has 0 bridgehead atoms. The van der Waals surface area contributed by atoms with Gasteiger partial charge in [-0.2, -0.15) is 0 Å². The molecule has 5 heteroatoms. The number of carboxylic acids is 1. The van der Waals surface area contributed by atoms with Crippen molar-refractivity contribution in [2.75, 3.05) is 0 Å². The van der Waals surface area contributed by atoms with E-state index in [1.54, 1.807) is 12.1 Å². The second-order valence-electron chi connectivity index (χ2n) is 6.22. The Balaban J connectivity index is 2.46. The SMILES string of the molecule is CC1(C)CCC(C(=O)O)C(c2ccc(Br)c(Cl)c2F)C1. The van der Waals surface area contributed by atoms with Gasteiger partial charge in [-0.3, -0.25) is 4.79 Å². The number of rotatable bonds is 2. The van der Waals surface area contributed by atoms with Gasteiger partial charge >= 0.3 is 5.97 Å². The molecule has 1 N–H and O–H groups in total. The van der Waals surface area contributed by atoms with E-state index < -0.39 is 17.7 Å². The molecule has 1 aromatic carbocycles. The summed E-state index contributed by atoms with van der Waals surface area (Å²) >= 11 is 9.11. The van der Waals surface area contributed by atoms with Crippen molar-refractivity contribution in [3.8, 4) is 0 Å². The lowest BCUT2D eigenvalue weighted by Gasteiger charge is -2.39. The van der Waals surface area contributed by atoms with Gasteiger partial charge < -0.3 is 5.11 Å². The minimum atomic E-state index is -0.857. The fraction of sp³-hybridized carbons (Fsp3) is 0.533. The van der Waals surface area contributed by atoms with E-state index in [0.29, 0.717) is 22.9 Å². The molecule has 0 amide bonds. The van der Waals surface area contributed by atoms with Crippen LogP contribution in [0.2, 0.25) is 5.02 Å². The summed E-state index contributed by atoms with van der Waals surface area (Å²) in [4.78, 5) is 11.4. The third-order valence-electron chi connectivity index (χ3n) is 4.17. The number of halogens is 3. The van der Waals surface area contributed by atoms with Gasteiger partial charge in [-0.25, -0.2) is 4.39 Å². The Kier molecular flexibility index (Phi) is 4.45. The van der Waals surface area contributed by atoms with E-state index >= 15 is 0 Å². The summed E-state index contributed by atoms with van der Waals surface area (Å²) in [5.74, 6) is -2.24. The van der Waals surface area contributed by atoms with Crippen molar-refractivity contribution in [1.29, 1.82) is 0 Å². The minimum Gasteiger partial charge on any atom is -0.481 e. The van der Waals surface area contributed by atoms with Gasteiger partial charge in [0, 0.05) is 10.4 Å².